The molecule has 1 aromatic rings. The smallest absolute Gasteiger partial charge is 0.465 e. The van der Waals surface area contributed by atoms with Crippen molar-refractivity contribution < 1.29 is 23.6 Å². The summed E-state index contributed by atoms with van der Waals surface area (Å²) in [5.41, 5.74) is -0.381. The molecule has 1 amide bonds. The van der Waals surface area contributed by atoms with Crippen molar-refractivity contribution in [2.45, 2.75) is 44.6 Å². The first-order valence-corrected chi connectivity index (χ1v) is 9.38. The van der Waals surface area contributed by atoms with Crippen LogP contribution in [0.4, 0.5) is 14.9 Å². The third-order valence-corrected chi connectivity index (χ3v) is 6.57. The number of fused-ring (bicyclic) bond motifs is 1. The molecule has 1 aromatic carbocycles. The molecule has 0 aromatic heterocycles. The lowest BCUT2D eigenvalue weighted by atomic mass is 9.79. The van der Waals surface area contributed by atoms with Gasteiger partial charge in [0, 0.05) is 24.7 Å². The van der Waals surface area contributed by atoms with Crippen LogP contribution in [0.2, 0.25) is 0 Å². The second-order valence-electron chi connectivity index (χ2n) is 8.95. The Labute approximate surface area is 159 Å². The second-order valence-corrected chi connectivity index (χ2v) is 8.95. The molecule has 0 aliphatic carbocycles. The quantitative estimate of drug-likeness (QED) is 0.802. The molecule has 0 spiro atoms. The number of hydrogen-bond acceptors (Lipinski definition) is 4. The molecule has 1 unspecified atom stereocenters. The predicted octanol–water partition coefficient (Wildman–Crippen LogP) is 2.12. The molecule has 2 atom stereocenters. The Morgan fingerprint density at radius 2 is 1.70 bits per heavy atom. The lowest BCUT2D eigenvalue weighted by Crippen LogP contribution is -2.41. The summed E-state index contributed by atoms with van der Waals surface area (Å²) in [5.74, 6) is -0.281. The van der Waals surface area contributed by atoms with Crippen molar-refractivity contribution in [3.8, 4) is 0 Å². The number of amides is 1. The Balaban J connectivity index is 1.45. The molecule has 4 rings (SSSR count). The molecular formula is C19H26BFN2O4. The summed E-state index contributed by atoms with van der Waals surface area (Å²) in [5, 5.41) is 9.10. The first-order chi connectivity index (χ1) is 12.5. The fourth-order valence-corrected chi connectivity index (χ4v) is 4.15. The fourth-order valence-electron chi connectivity index (χ4n) is 4.15. The van der Waals surface area contributed by atoms with Gasteiger partial charge in [-0.25, -0.2) is 9.18 Å². The number of hydrogen-bond donors (Lipinski definition) is 1. The van der Waals surface area contributed by atoms with Crippen molar-refractivity contribution in [2.24, 2.45) is 5.92 Å². The molecule has 0 bridgehead atoms. The molecule has 0 radical (unpaired) electrons. The molecule has 3 aliphatic rings. The highest BCUT2D eigenvalue weighted by molar-refractivity contribution is 6.62. The first-order valence-electron chi connectivity index (χ1n) is 9.38. The molecule has 0 saturated carbocycles. The lowest BCUT2D eigenvalue weighted by molar-refractivity contribution is 0.00578. The van der Waals surface area contributed by atoms with Gasteiger partial charge in [0.1, 0.15) is 0 Å². The van der Waals surface area contributed by atoms with Crippen LogP contribution >= 0.6 is 0 Å². The minimum absolute atomic E-state index is 0.0461. The molecule has 3 saturated heterocycles. The van der Waals surface area contributed by atoms with Gasteiger partial charge in [-0.3, -0.25) is 0 Å². The summed E-state index contributed by atoms with van der Waals surface area (Å²) < 4.78 is 27.3. The van der Waals surface area contributed by atoms with Crippen molar-refractivity contribution >= 4 is 24.4 Å². The van der Waals surface area contributed by atoms with Gasteiger partial charge in [-0.15, -0.1) is 0 Å². The third kappa shape index (κ3) is 2.99. The van der Waals surface area contributed by atoms with Crippen LogP contribution in [-0.4, -0.2) is 66.3 Å². The number of benzene rings is 1. The lowest BCUT2D eigenvalue weighted by Gasteiger charge is -2.32. The van der Waals surface area contributed by atoms with Crippen molar-refractivity contribution in [3.05, 3.63) is 24.3 Å². The van der Waals surface area contributed by atoms with Crippen molar-refractivity contribution in [1.29, 1.82) is 0 Å². The van der Waals surface area contributed by atoms with E-state index in [0.717, 1.165) is 11.2 Å². The number of rotatable bonds is 2. The van der Waals surface area contributed by atoms with Gasteiger partial charge in [0.25, 0.3) is 0 Å². The predicted molar refractivity (Wildman–Crippen MR) is 101 cm³/mol. The molecule has 3 heterocycles. The summed E-state index contributed by atoms with van der Waals surface area (Å²) in [6.07, 6.45) is -1.04. The van der Waals surface area contributed by atoms with Crippen LogP contribution in [0.25, 0.3) is 0 Å². The Morgan fingerprint density at radius 3 is 2.22 bits per heavy atom. The fraction of sp³-hybridized carbons (Fsp3) is 0.632. The zero-order valence-electron chi connectivity index (χ0n) is 16.2. The van der Waals surface area contributed by atoms with E-state index < -0.39 is 18.9 Å². The molecule has 1 N–H and O–H groups in total. The van der Waals surface area contributed by atoms with E-state index >= 15 is 4.39 Å². The normalized spacial score (nSPS) is 31.4. The maximum absolute atomic E-state index is 15.2. The molecule has 3 aliphatic heterocycles. The number of carbonyl (C=O) groups is 1. The number of halogens is 1. The molecule has 3 fully saturated rings. The topological polar surface area (TPSA) is 62.2 Å². The Hall–Kier alpha value is -1.80. The summed E-state index contributed by atoms with van der Waals surface area (Å²) in [7, 11) is -0.418. The zero-order chi connectivity index (χ0) is 19.6. The average molecular weight is 376 g/mol. The monoisotopic (exact) mass is 376 g/mol. The SMILES string of the molecule is CC1(C)OB(c2ccc(N3C[C@@H]4CN(C(=O)O)CC4(F)C3)cc2)OC1(C)C. The number of nitrogens with zero attached hydrogens (tertiary/aromatic N) is 2. The van der Waals surface area contributed by atoms with E-state index in [0.29, 0.717) is 6.54 Å². The van der Waals surface area contributed by atoms with Gasteiger partial charge in [0.05, 0.1) is 24.3 Å². The van der Waals surface area contributed by atoms with Gasteiger partial charge < -0.3 is 24.2 Å². The minimum Gasteiger partial charge on any atom is -0.465 e. The first kappa shape index (κ1) is 18.6. The van der Waals surface area contributed by atoms with E-state index in [1.807, 2.05) is 56.9 Å². The van der Waals surface area contributed by atoms with Crippen LogP contribution in [0.5, 0.6) is 0 Å². The minimum atomic E-state index is -1.47. The highest BCUT2D eigenvalue weighted by atomic mass is 19.1. The maximum Gasteiger partial charge on any atom is 0.494 e. The van der Waals surface area contributed by atoms with E-state index in [4.69, 9.17) is 14.4 Å². The molecule has 6 nitrogen and oxygen atoms in total. The maximum atomic E-state index is 15.2. The Morgan fingerprint density at radius 1 is 1.11 bits per heavy atom. The van der Waals surface area contributed by atoms with Gasteiger partial charge in [-0.2, -0.15) is 0 Å². The number of carboxylic acid groups (broad SMARTS) is 1. The van der Waals surface area contributed by atoms with Gasteiger partial charge in [0.15, 0.2) is 5.67 Å². The van der Waals surface area contributed by atoms with Crippen LogP contribution in [0, 0.1) is 5.92 Å². The van der Waals surface area contributed by atoms with E-state index in [1.54, 1.807) is 0 Å². The summed E-state index contributed by atoms with van der Waals surface area (Å²) in [6.45, 7) is 9.03. The second kappa shape index (κ2) is 5.85. The van der Waals surface area contributed by atoms with Gasteiger partial charge in [-0.05, 0) is 45.3 Å². The van der Waals surface area contributed by atoms with Crippen LogP contribution in [0.15, 0.2) is 24.3 Å². The molecule has 146 valence electrons. The van der Waals surface area contributed by atoms with Crippen molar-refractivity contribution in [3.63, 3.8) is 0 Å². The van der Waals surface area contributed by atoms with Gasteiger partial charge in [-0.1, -0.05) is 12.1 Å². The number of alkyl halides is 1. The zero-order valence-corrected chi connectivity index (χ0v) is 16.2. The highest BCUT2D eigenvalue weighted by Gasteiger charge is 2.55. The Kier molecular flexibility index (Phi) is 4.02. The third-order valence-electron chi connectivity index (χ3n) is 6.57. The summed E-state index contributed by atoms with van der Waals surface area (Å²) in [4.78, 5) is 14.3. The number of anilines is 1. The molecule has 27 heavy (non-hydrogen) atoms. The van der Waals surface area contributed by atoms with E-state index in [2.05, 4.69) is 0 Å². The standard InChI is InChI=1S/C19H26BFN2O4/c1-17(2)18(3,4)27-20(26-17)14-5-7-15(8-6-14)22-9-13-10-23(16(24)25)12-19(13,21)11-22/h5-8,13H,9-12H2,1-4H3,(H,24,25)/t13-,19?/m1/s1. The van der Waals surface area contributed by atoms with Crippen molar-refractivity contribution in [1.82, 2.24) is 4.90 Å². The summed E-state index contributed by atoms with van der Waals surface area (Å²) >= 11 is 0. The summed E-state index contributed by atoms with van der Waals surface area (Å²) in [6, 6.07) is 7.83. The highest BCUT2D eigenvalue weighted by Crippen LogP contribution is 2.40. The van der Waals surface area contributed by atoms with Gasteiger partial charge >= 0.3 is 13.2 Å². The van der Waals surface area contributed by atoms with Gasteiger partial charge in [0.2, 0.25) is 0 Å². The van der Waals surface area contributed by atoms with Crippen molar-refractivity contribution in [2.75, 3.05) is 31.1 Å². The van der Waals surface area contributed by atoms with E-state index in [-0.39, 0.29) is 36.8 Å². The van der Waals surface area contributed by atoms with E-state index in [9.17, 15) is 4.79 Å². The Bertz CT molecular complexity index is 741. The van der Waals surface area contributed by atoms with Crippen LogP contribution < -0.4 is 10.4 Å². The van der Waals surface area contributed by atoms with Crippen LogP contribution in [-0.2, 0) is 9.31 Å². The average Bonchev–Trinajstić information content (AvgIpc) is 3.12. The van der Waals surface area contributed by atoms with E-state index in [1.165, 1.54) is 4.90 Å². The van der Waals surface area contributed by atoms with Crippen LogP contribution in [0.3, 0.4) is 0 Å². The largest absolute Gasteiger partial charge is 0.494 e. The molecular weight excluding hydrogens is 350 g/mol. The molecule has 8 heteroatoms. The number of likely N-dealkylation sites (tertiary alicyclic amines) is 1. The van der Waals surface area contributed by atoms with Crippen LogP contribution in [0.1, 0.15) is 27.7 Å².